The zero-order chi connectivity index (χ0) is 13.9. The smallest absolute Gasteiger partial charge is 0.143 e. The van der Waals surface area contributed by atoms with E-state index < -0.39 is 0 Å². The summed E-state index contributed by atoms with van der Waals surface area (Å²) in [7, 11) is 0. The molecule has 0 heterocycles. The van der Waals surface area contributed by atoms with Crippen LogP contribution < -0.4 is 0 Å². The highest BCUT2D eigenvalue weighted by Gasteiger charge is 2.06. The van der Waals surface area contributed by atoms with Crippen LogP contribution in [0.2, 0.25) is 5.02 Å². The molecule has 0 aliphatic rings. The lowest BCUT2D eigenvalue weighted by atomic mass is 10.1. The number of phenolic OH excluding ortho intramolecular Hbond substituents is 1. The lowest BCUT2D eigenvalue weighted by molar-refractivity contribution is 0.477. The molecular weight excluding hydrogens is 272 g/mol. The van der Waals surface area contributed by atoms with Gasteiger partial charge in [-0.3, -0.25) is 0 Å². The summed E-state index contributed by atoms with van der Waals surface area (Å²) >= 11 is 6.03. The molecule has 3 aromatic carbocycles. The molecule has 0 atom stereocenters. The van der Waals surface area contributed by atoms with E-state index in [2.05, 4.69) is 10.2 Å². The van der Waals surface area contributed by atoms with Gasteiger partial charge in [-0.1, -0.05) is 54.1 Å². The number of aromatic hydroxyl groups is 1. The summed E-state index contributed by atoms with van der Waals surface area (Å²) in [6.07, 6.45) is 0. The van der Waals surface area contributed by atoms with Gasteiger partial charge in [0.2, 0.25) is 0 Å². The number of nitrogens with zero attached hydrogens (tertiary/aromatic N) is 2. The maximum Gasteiger partial charge on any atom is 0.143 e. The van der Waals surface area contributed by atoms with Crippen molar-refractivity contribution in [3.05, 3.63) is 65.7 Å². The van der Waals surface area contributed by atoms with Crippen LogP contribution in [0.5, 0.6) is 5.75 Å². The van der Waals surface area contributed by atoms with Gasteiger partial charge in [0.25, 0.3) is 0 Å². The summed E-state index contributed by atoms with van der Waals surface area (Å²) in [6, 6.07) is 18.3. The Hall–Kier alpha value is -2.39. The topological polar surface area (TPSA) is 45.0 Å². The van der Waals surface area contributed by atoms with Crippen molar-refractivity contribution in [1.29, 1.82) is 0 Å². The van der Waals surface area contributed by atoms with Crippen LogP contribution in [0.4, 0.5) is 11.4 Å². The highest BCUT2D eigenvalue weighted by Crippen LogP contribution is 2.36. The van der Waals surface area contributed by atoms with Crippen molar-refractivity contribution in [2.24, 2.45) is 10.2 Å². The normalized spacial score (nSPS) is 11.2. The summed E-state index contributed by atoms with van der Waals surface area (Å²) in [5.41, 5.74) is 1.02. The van der Waals surface area contributed by atoms with E-state index in [9.17, 15) is 5.11 Å². The van der Waals surface area contributed by atoms with Crippen molar-refractivity contribution in [1.82, 2.24) is 0 Å². The molecule has 0 fully saturated rings. The first-order valence-corrected chi connectivity index (χ1v) is 6.50. The van der Waals surface area contributed by atoms with Crippen molar-refractivity contribution in [2.75, 3.05) is 0 Å². The second kappa shape index (κ2) is 5.31. The van der Waals surface area contributed by atoms with Gasteiger partial charge in [-0.15, -0.1) is 10.2 Å². The van der Waals surface area contributed by atoms with Gasteiger partial charge in [-0.2, -0.15) is 0 Å². The fourth-order valence-corrected chi connectivity index (χ4v) is 2.16. The quantitative estimate of drug-likeness (QED) is 0.610. The van der Waals surface area contributed by atoms with Crippen LogP contribution in [0.15, 0.2) is 70.9 Å². The first-order chi connectivity index (χ1) is 9.75. The second-order valence-electron chi connectivity index (χ2n) is 4.31. The molecule has 4 heteroatoms. The number of phenols is 1. The first-order valence-electron chi connectivity index (χ1n) is 6.13. The Bertz CT molecular complexity index is 799. The third-order valence-corrected chi connectivity index (χ3v) is 3.31. The molecule has 0 aromatic heterocycles. The molecule has 0 spiro atoms. The molecule has 0 aliphatic heterocycles. The van der Waals surface area contributed by atoms with Crippen LogP contribution in [0.1, 0.15) is 0 Å². The molecular formula is C16H11ClN2O. The number of hydrogen-bond acceptors (Lipinski definition) is 3. The van der Waals surface area contributed by atoms with E-state index in [0.29, 0.717) is 16.4 Å². The number of fused-ring (bicyclic) bond motifs is 1. The molecule has 3 aromatic rings. The Morgan fingerprint density at radius 2 is 1.55 bits per heavy atom. The predicted octanol–water partition coefficient (Wildman–Crippen LogP) is 5.61. The number of rotatable bonds is 2. The molecule has 98 valence electrons. The van der Waals surface area contributed by atoms with E-state index in [0.717, 1.165) is 10.8 Å². The lowest BCUT2D eigenvalue weighted by Crippen LogP contribution is -1.75. The molecule has 0 aliphatic carbocycles. The Morgan fingerprint density at radius 3 is 2.40 bits per heavy atom. The Labute approximate surface area is 121 Å². The minimum absolute atomic E-state index is 0.0968. The van der Waals surface area contributed by atoms with Crippen molar-refractivity contribution >= 4 is 33.7 Å². The second-order valence-corrected chi connectivity index (χ2v) is 4.71. The van der Waals surface area contributed by atoms with E-state index in [1.165, 1.54) is 0 Å². The molecule has 0 saturated carbocycles. The van der Waals surface area contributed by atoms with Gasteiger partial charge in [-0.05, 0) is 23.6 Å². The number of hydrogen-bond donors (Lipinski definition) is 1. The van der Waals surface area contributed by atoms with Gasteiger partial charge in [0.1, 0.15) is 17.1 Å². The highest BCUT2D eigenvalue weighted by atomic mass is 35.5. The SMILES string of the molecule is Oc1ccc2ccccc2c1N=Nc1ccccc1Cl. The zero-order valence-electron chi connectivity index (χ0n) is 10.5. The van der Waals surface area contributed by atoms with Gasteiger partial charge in [0, 0.05) is 5.39 Å². The summed E-state index contributed by atoms with van der Waals surface area (Å²) in [6.45, 7) is 0. The maximum absolute atomic E-state index is 9.97. The highest BCUT2D eigenvalue weighted by molar-refractivity contribution is 6.32. The summed E-state index contributed by atoms with van der Waals surface area (Å²) in [5.74, 6) is 0.0968. The summed E-state index contributed by atoms with van der Waals surface area (Å²) in [4.78, 5) is 0. The van der Waals surface area contributed by atoms with Crippen LogP contribution in [0.3, 0.4) is 0 Å². The minimum Gasteiger partial charge on any atom is -0.506 e. The van der Waals surface area contributed by atoms with E-state index in [1.807, 2.05) is 42.5 Å². The van der Waals surface area contributed by atoms with Gasteiger partial charge in [0.15, 0.2) is 0 Å². The van der Waals surface area contributed by atoms with Gasteiger partial charge < -0.3 is 5.11 Å². The molecule has 0 saturated heterocycles. The summed E-state index contributed by atoms with van der Waals surface area (Å²) in [5, 5.41) is 20.6. The molecule has 0 radical (unpaired) electrons. The van der Waals surface area contributed by atoms with Gasteiger partial charge >= 0.3 is 0 Å². The molecule has 0 bridgehead atoms. The Balaban J connectivity index is 2.11. The monoisotopic (exact) mass is 282 g/mol. The van der Waals surface area contributed by atoms with Gasteiger partial charge in [-0.25, -0.2) is 0 Å². The van der Waals surface area contributed by atoms with Crippen molar-refractivity contribution in [3.8, 4) is 5.75 Å². The molecule has 0 amide bonds. The van der Waals surface area contributed by atoms with E-state index in [4.69, 9.17) is 11.6 Å². The fraction of sp³-hybridized carbons (Fsp3) is 0. The maximum atomic E-state index is 9.97. The molecule has 3 nitrogen and oxygen atoms in total. The van der Waals surface area contributed by atoms with Crippen LogP contribution >= 0.6 is 11.6 Å². The lowest BCUT2D eigenvalue weighted by Gasteiger charge is -2.03. The molecule has 0 unspecified atom stereocenters. The largest absolute Gasteiger partial charge is 0.506 e. The average molecular weight is 283 g/mol. The third kappa shape index (κ3) is 2.36. The molecule has 20 heavy (non-hydrogen) atoms. The number of azo groups is 1. The molecule has 3 rings (SSSR count). The predicted molar refractivity (Wildman–Crippen MR) is 81.2 cm³/mol. The fourth-order valence-electron chi connectivity index (χ4n) is 1.99. The number of benzene rings is 3. The third-order valence-electron chi connectivity index (χ3n) is 2.99. The van der Waals surface area contributed by atoms with Crippen LogP contribution in [-0.2, 0) is 0 Å². The first kappa shape index (κ1) is 12.6. The van der Waals surface area contributed by atoms with Crippen LogP contribution in [-0.4, -0.2) is 5.11 Å². The van der Waals surface area contributed by atoms with Crippen LogP contribution in [0, 0.1) is 0 Å². The van der Waals surface area contributed by atoms with Gasteiger partial charge in [0.05, 0.1) is 5.02 Å². The Kier molecular flexibility index (Phi) is 3.35. The molecule has 1 N–H and O–H groups in total. The van der Waals surface area contributed by atoms with Crippen LogP contribution in [0.25, 0.3) is 10.8 Å². The summed E-state index contributed by atoms with van der Waals surface area (Å²) < 4.78 is 0. The number of halogens is 1. The average Bonchev–Trinajstić information content (AvgIpc) is 2.48. The minimum atomic E-state index is 0.0968. The van der Waals surface area contributed by atoms with E-state index >= 15 is 0 Å². The van der Waals surface area contributed by atoms with Crippen molar-refractivity contribution < 1.29 is 5.11 Å². The standard InChI is InChI=1S/C16H11ClN2O/c17-13-7-3-4-8-14(13)18-19-16-12-6-2-1-5-11(12)9-10-15(16)20/h1-10,20H. The van der Waals surface area contributed by atoms with Crippen molar-refractivity contribution in [3.63, 3.8) is 0 Å². The Morgan fingerprint density at radius 1 is 0.800 bits per heavy atom. The zero-order valence-corrected chi connectivity index (χ0v) is 11.2. The van der Waals surface area contributed by atoms with E-state index in [1.54, 1.807) is 18.2 Å². The van der Waals surface area contributed by atoms with E-state index in [-0.39, 0.29) is 5.75 Å². The van der Waals surface area contributed by atoms with Crippen molar-refractivity contribution in [2.45, 2.75) is 0 Å².